The molecule has 20 heavy (non-hydrogen) atoms. The van der Waals surface area contributed by atoms with Crippen LogP contribution in [-0.4, -0.2) is 16.1 Å². The highest BCUT2D eigenvalue weighted by molar-refractivity contribution is 7.16. The predicted molar refractivity (Wildman–Crippen MR) is 81.7 cm³/mol. The lowest BCUT2D eigenvalue weighted by Gasteiger charge is -2.02. The lowest BCUT2D eigenvalue weighted by atomic mass is 10.1. The van der Waals surface area contributed by atoms with Gasteiger partial charge in [0.05, 0.1) is 5.52 Å². The van der Waals surface area contributed by atoms with Gasteiger partial charge in [0.1, 0.15) is 0 Å². The first-order valence-electron chi connectivity index (χ1n) is 6.09. The van der Waals surface area contributed by atoms with E-state index in [0.29, 0.717) is 0 Å². The van der Waals surface area contributed by atoms with Gasteiger partial charge < -0.3 is 5.11 Å². The molecule has 0 saturated carbocycles. The van der Waals surface area contributed by atoms with Crippen LogP contribution in [0.3, 0.4) is 0 Å². The molecule has 0 aliphatic carbocycles. The molecule has 2 aromatic heterocycles. The third-order valence-electron chi connectivity index (χ3n) is 2.92. The highest BCUT2D eigenvalue weighted by Gasteiger charge is 2.06. The zero-order valence-electron chi connectivity index (χ0n) is 10.5. The molecule has 0 fully saturated rings. The fourth-order valence-electron chi connectivity index (χ4n) is 2.04. The van der Waals surface area contributed by atoms with E-state index >= 15 is 0 Å². The lowest BCUT2D eigenvalue weighted by molar-refractivity contribution is -0.131. The second-order valence-electron chi connectivity index (χ2n) is 4.25. The Morgan fingerprint density at radius 2 is 2.00 bits per heavy atom. The van der Waals surface area contributed by atoms with Crippen molar-refractivity contribution in [3.05, 3.63) is 59.6 Å². The first-order valence-corrected chi connectivity index (χ1v) is 6.91. The predicted octanol–water partition coefficient (Wildman–Crippen LogP) is 4.06. The van der Waals surface area contributed by atoms with Crippen molar-refractivity contribution in [1.29, 1.82) is 0 Å². The molecule has 0 aliphatic rings. The van der Waals surface area contributed by atoms with Crippen LogP contribution in [0.4, 0.5) is 0 Å². The summed E-state index contributed by atoms with van der Waals surface area (Å²) < 4.78 is 0. The maximum Gasteiger partial charge on any atom is 0.328 e. The summed E-state index contributed by atoms with van der Waals surface area (Å²) in [6.45, 7) is 0. The number of benzene rings is 1. The minimum absolute atomic E-state index is 0.912. The van der Waals surface area contributed by atoms with Crippen molar-refractivity contribution >= 4 is 34.3 Å². The van der Waals surface area contributed by atoms with Crippen molar-refractivity contribution in [3.63, 3.8) is 0 Å². The molecule has 0 saturated heterocycles. The molecule has 2 heterocycles. The molecule has 0 spiro atoms. The number of carbonyl (C=O) groups is 1. The number of pyridine rings is 1. The van der Waals surface area contributed by atoms with Crippen LogP contribution < -0.4 is 0 Å². The van der Waals surface area contributed by atoms with Gasteiger partial charge in [0.15, 0.2) is 0 Å². The van der Waals surface area contributed by atoms with Gasteiger partial charge in [-0.25, -0.2) is 4.79 Å². The van der Waals surface area contributed by atoms with E-state index in [2.05, 4.69) is 4.98 Å². The number of aromatic nitrogens is 1. The van der Waals surface area contributed by atoms with Crippen LogP contribution in [0.5, 0.6) is 0 Å². The zero-order chi connectivity index (χ0) is 13.9. The van der Waals surface area contributed by atoms with Crippen molar-refractivity contribution in [3.8, 4) is 10.4 Å². The number of hydrogen-bond acceptors (Lipinski definition) is 3. The zero-order valence-corrected chi connectivity index (χ0v) is 11.3. The molecule has 98 valence electrons. The van der Waals surface area contributed by atoms with Crippen molar-refractivity contribution in [2.24, 2.45) is 0 Å². The summed E-state index contributed by atoms with van der Waals surface area (Å²) in [6.07, 6.45) is 4.54. The molecule has 3 rings (SSSR count). The number of carboxylic acids is 1. The van der Waals surface area contributed by atoms with Gasteiger partial charge in [0, 0.05) is 33.0 Å². The molecule has 1 aromatic carbocycles. The third-order valence-corrected chi connectivity index (χ3v) is 4.00. The fourth-order valence-corrected chi connectivity index (χ4v) is 2.98. The first-order chi connectivity index (χ1) is 9.74. The number of hydrogen-bond donors (Lipinski definition) is 1. The highest BCUT2D eigenvalue weighted by Crippen LogP contribution is 2.33. The molecule has 1 N–H and O–H groups in total. The highest BCUT2D eigenvalue weighted by atomic mass is 32.1. The van der Waals surface area contributed by atoms with Crippen LogP contribution in [0.1, 0.15) is 4.88 Å². The van der Waals surface area contributed by atoms with Crippen molar-refractivity contribution in [2.75, 3.05) is 0 Å². The normalized spacial score (nSPS) is 11.2. The molecule has 0 radical (unpaired) electrons. The first kappa shape index (κ1) is 12.6. The average Bonchev–Trinajstić information content (AvgIpc) is 2.93. The SMILES string of the molecule is O=C(O)/C=C/c1ccc(-c2cccc3cccnc23)s1. The Labute approximate surface area is 119 Å². The van der Waals surface area contributed by atoms with Crippen LogP contribution in [-0.2, 0) is 4.79 Å². The Hall–Kier alpha value is -2.46. The molecular formula is C16H11NO2S. The average molecular weight is 281 g/mol. The Balaban J connectivity index is 2.06. The van der Waals surface area contributed by atoms with Crippen molar-refractivity contribution < 1.29 is 9.90 Å². The summed E-state index contributed by atoms with van der Waals surface area (Å²) >= 11 is 1.55. The summed E-state index contributed by atoms with van der Waals surface area (Å²) in [5.74, 6) is -0.938. The number of aliphatic carboxylic acids is 1. The van der Waals surface area contributed by atoms with Crippen LogP contribution in [0, 0.1) is 0 Å². The number of rotatable bonds is 3. The van der Waals surface area contributed by atoms with E-state index in [9.17, 15) is 4.79 Å². The monoisotopic (exact) mass is 281 g/mol. The molecule has 4 heteroatoms. The lowest BCUT2D eigenvalue weighted by Crippen LogP contribution is -1.84. The van der Waals surface area contributed by atoms with Gasteiger partial charge >= 0.3 is 5.97 Å². The standard InChI is InChI=1S/C16H11NO2S/c18-15(19)9-7-12-6-8-14(20-12)13-5-1-3-11-4-2-10-17-16(11)13/h1-10H,(H,18,19)/b9-7+. The minimum Gasteiger partial charge on any atom is -0.478 e. The Morgan fingerprint density at radius 3 is 2.85 bits per heavy atom. The molecule has 0 unspecified atom stereocenters. The number of carboxylic acid groups (broad SMARTS) is 1. The van der Waals surface area contributed by atoms with Crippen molar-refractivity contribution in [2.45, 2.75) is 0 Å². The molecular weight excluding hydrogens is 270 g/mol. The minimum atomic E-state index is -0.938. The van der Waals surface area contributed by atoms with Crippen molar-refractivity contribution in [1.82, 2.24) is 4.98 Å². The Morgan fingerprint density at radius 1 is 1.15 bits per heavy atom. The van der Waals surface area contributed by atoms with Crippen LogP contribution >= 0.6 is 11.3 Å². The summed E-state index contributed by atoms with van der Waals surface area (Å²) in [7, 11) is 0. The summed E-state index contributed by atoms with van der Waals surface area (Å²) in [6, 6.07) is 13.9. The fraction of sp³-hybridized carbons (Fsp3) is 0. The molecule has 0 amide bonds. The number of para-hydroxylation sites is 1. The topological polar surface area (TPSA) is 50.2 Å². The molecule has 3 aromatic rings. The van der Waals surface area contributed by atoms with Gasteiger partial charge in [-0.3, -0.25) is 4.98 Å². The maximum atomic E-state index is 10.5. The summed E-state index contributed by atoms with van der Waals surface area (Å²) in [5.41, 5.74) is 2.04. The van der Waals surface area contributed by atoms with E-state index in [1.54, 1.807) is 23.6 Å². The van der Waals surface area contributed by atoms with E-state index < -0.39 is 5.97 Å². The number of thiophene rings is 1. The second kappa shape index (κ2) is 5.27. The van der Waals surface area contributed by atoms with Gasteiger partial charge in [0.2, 0.25) is 0 Å². The van der Waals surface area contributed by atoms with Gasteiger partial charge in [-0.05, 0) is 24.3 Å². The third kappa shape index (κ3) is 2.46. The van der Waals surface area contributed by atoms with Crippen LogP contribution in [0.15, 0.2) is 54.7 Å². The number of nitrogens with zero attached hydrogens (tertiary/aromatic N) is 1. The molecule has 0 atom stereocenters. The van der Waals surface area contributed by atoms with E-state index in [1.165, 1.54) is 0 Å². The van der Waals surface area contributed by atoms with Gasteiger partial charge in [-0.15, -0.1) is 11.3 Å². The van der Waals surface area contributed by atoms with Gasteiger partial charge in [-0.1, -0.05) is 24.3 Å². The van der Waals surface area contributed by atoms with Crippen LogP contribution in [0.2, 0.25) is 0 Å². The molecule has 0 bridgehead atoms. The second-order valence-corrected chi connectivity index (χ2v) is 5.37. The Bertz CT molecular complexity index is 800. The summed E-state index contributed by atoms with van der Waals surface area (Å²) in [4.78, 5) is 17.0. The molecule has 0 aliphatic heterocycles. The summed E-state index contributed by atoms with van der Waals surface area (Å²) in [5, 5.41) is 9.75. The van der Waals surface area contributed by atoms with Crippen LogP contribution in [0.25, 0.3) is 27.4 Å². The quantitative estimate of drug-likeness (QED) is 0.736. The van der Waals surface area contributed by atoms with Gasteiger partial charge in [0.25, 0.3) is 0 Å². The smallest absolute Gasteiger partial charge is 0.328 e. The largest absolute Gasteiger partial charge is 0.478 e. The maximum absolute atomic E-state index is 10.5. The Kier molecular flexibility index (Phi) is 3.31. The van der Waals surface area contributed by atoms with E-state index in [4.69, 9.17) is 5.11 Å². The van der Waals surface area contributed by atoms with Gasteiger partial charge in [-0.2, -0.15) is 0 Å². The van der Waals surface area contributed by atoms with E-state index in [1.807, 2.05) is 42.5 Å². The van der Waals surface area contributed by atoms with E-state index in [-0.39, 0.29) is 0 Å². The number of fused-ring (bicyclic) bond motifs is 1. The molecule has 3 nitrogen and oxygen atoms in total. The van der Waals surface area contributed by atoms with E-state index in [0.717, 1.165) is 32.3 Å².